The molecule has 2 aliphatic heterocycles. The van der Waals surface area contributed by atoms with Crippen LogP contribution < -0.4 is 4.90 Å². The average molecular weight is 342 g/mol. The first-order valence-electron chi connectivity index (χ1n) is 7.81. The van der Waals surface area contributed by atoms with Gasteiger partial charge in [-0.2, -0.15) is 0 Å². The van der Waals surface area contributed by atoms with Crippen molar-refractivity contribution in [1.29, 1.82) is 0 Å². The Morgan fingerprint density at radius 3 is 2.75 bits per heavy atom. The number of carbonyl (C=O) groups is 2. The van der Waals surface area contributed by atoms with Gasteiger partial charge in [-0.1, -0.05) is 37.6 Å². The van der Waals surface area contributed by atoms with Gasteiger partial charge in [-0.25, -0.2) is 4.79 Å². The highest BCUT2D eigenvalue weighted by Crippen LogP contribution is 2.52. The molecule has 0 fully saturated rings. The predicted octanol–water partition coefficient (Wildman–Crippen LogP) is 4.42. The van der Waals surface area contributed by atoms with Crippen molar-refractivity contribution in [3.63, 3.8) is 0 Å². The summed E-state index contributed by atoms with van der Waals surface area (Å²) in [4.78, 5) is 26.3. The molecule has 2 heterocycles. The fourth-order valence-corrected chi connectivity index (χ4v) is 4.17. The van der Waals surface area contributed by atoms with Crippen molar-refractivity contribution >= 4 is 29.2 Å². The van der Waals surface area contributed by atoms with Crippen LogP contribution in [-0.2, 0) is 5.41 Å². The summed E-state index contributed by atoms with van der Waals surface area (Å²) in [6.07, 6.45) is 0.724. The second kappa shape index (κ2) is 4.84. The van der Waals surface area contributed by atoms with Crippen LogP contribution in [0.2, 0.25) is 5.02 Å². The van der Waals surface area contributed by atoms with Gasteiger partial charge < -0.3 is 10.0 Å². The maximum atomic E-state index is 13.0. The second-order valence-electron chi connectivity index (χ2n) is 7.02. The standard InChI is InChI=1S/C19H16ClNO3/c1-19(2)9-15-11-4-3-5-12(18(23)24)16(11)17(22)21(15)14-7-6-10(20)8-13(14)19/h3-8,15H,9H2,1-2H3,(H,23,24). The number of carboxylic acids is 1. The number of anilines is 1. The van der Waals surface area contributed by atoms with Gasteiger partial charge in [0.25, 0.3) is 5.91 Å². The zero-order valence-electron chi connectivity index (χ0n) is 13.3. The molecule has 4 nitrogen and oxygen atoms in total. The second-order valence-corrected chi connectivity index (χ2v) is 7.45. The fourth-order valence-electron chi connectivity index (χ4n) is 4.00. The van der Waals surface area contributed by atoms with Crippen molar-refractivity contribution in [2.75, 3.05) is 4.90 Å². The molecule has 5 heteroatoms. The van der Waals surface area contributed by atoms with E-state index < -0.39 is 5.97 Å². The molecule has 1 unspecified atom stereocenters. The molecule has 2 aromatic carbocycles. The van der Waals surface area contributed by atoms with Crippen LogP contribution >= 0.6 is 11.6 Å². The molecule has 24 heavy (non-hydrogen) atoms. The van der Waals surface area contributed by atoms with Crippen LogP contribution in [0.1, 0.15) is 58.2 Å². The van der Waals surface area contributed by atoms with E-state index in [0.717, 1.165) is 23.2 Å². The summed E-state index contributed by atoms with van der Waals surface area (Å²) in [6.45, 7) is 4.26. The van der Waals surface area contributed by atoms with Gasteiger partial charge in [0.2, 0.25) is 0 Å². The number of amides is 1. The highest BCUT2D eigenvalue weighted by Gasteiger charge is 2.47. The number of rotatable bonds is 1. The summed E-state index contributed by atoms with van der Waals surface area (Å²) >= 11 is 6.16. The lowest BCUT2D eigenvalue weighted by Crippen LogP contribution is -2.39. The predicted molar refractivity (Wildman–Crippen MR) is 92.0 cm³/mol. The van der Waals surface area contributed by atoms with E-state index in [1.54, 1.807) is 17.0 Å². The Morgan fingerprint density at radius 2 is 2.04 bits per heavy atom. The van der Waals surface area contributed by atoms with E-state index in [0.29, 0.717) is 10.6 Å². The molecule has 2 aliphatic rings. The first-order valence-corrected chi connectivity index (χ1v) is 8.19. The summed E-state index contributed by atoms with van der Waals surface area (Å²) in [5.74, 6) is -1.32. The van der Waals surface area contributed by atoms with Crippen LogP contribution in [0, 0.1) is 0 Å². The molecular formula is C19H16ClNO3. The van der Waals surface area contributed by atoms with Crippen molar-refractivity contribution in [2.45, 2.75) is 31.7 Å². The van der Waals surface area contributed by atoms with Gasteiger partial charge in [0.15, 0.2) is 0 Å². The number of halogens is 1. The van der Waals surface area contributed by atoms with Gasteiger partial charge in [-0.05, 0) is 47.2 Å². The maximum absolute atomic E-state index is 13.0. The minimum absolute atomic E-state index is 0.0696. The molecule has 0 radical (unpaired) electrons. The number of fused-ring (bicyclic) bond motifs is 5. The Kier molecular flexibility index (Phi) is 3.06. The van der Waals surface area contributed by atoms with Gasteiger partial charge in [-0.15, -0.1) is 0 Å². The van der Waals surface area contributed by atoms with E-state index in [1.165, 1.54) is 6.07 Å². The number of carbonyl (C=O) groups excluding carboxylic acids is 1. The number of hydrogen-bond acceptors (Lipinski definition) is 2. The summed E-state index contributed by atoms with van der Waals surface area (Å²) < 4.78 is 0. The third kappa shape index (κ3) is 1.93. The quantitative estimate of drug-likeness (QED) is 0.835. The first kappa shape index (κ1) is 15.2. The Labute approximate surface area is 144 Å². The highest BCUT2D eigenvalue weighted by atomic mass is 35.5. The number of hydrogen-bond donors (Lipinski definition) is 1. The lowest BCUT2D eigenvalue weighted by atomic mass is 9.74. The largest absolute Gasteiger partial charge is 0.478 e. The lowest BCUT2D eigenvalue weighted by molar-refractivity contribution is 0.0692. The average Bonchev–Trinajstić information content (AvgIpc) is 2.80. The molecule has 122 valence electrons. The monoisotopic (exact) mass is 341 g/mol. The van der Waals surface area contributed by atoms with E-state index in [4.69, 9.17) is 11.6 Å². The fraction of sp³-hybridized carbons (Fsp3) is 0.263. The third-order valence-corrected chi connectivity index (χ3v) is 5.32. The molecule has 0 aliphatic carbocycles. The first-order chi connectivity index (χ1) is 11.3. The van der Waals surface area contributed by atoms with Crippen molar-refractivity contribution in [3.8, 4) is 0 Å². The van der Waals surface area contributed by atoms with Crippen LogP contribution in [0.5, 0.6) is 0 Å². The van der Waals surface area contributed by atoms with Gasteiger partial charge in [-0.3, -0.25) is 4.79 Å². The van der Waals surface area contributed by atoms with Gasteiger partial charge in [0.05, 0.1) is 17.2 Å². The Balaban J connectivity index is 1.98. The molecule has 1 N–H and O–H groups in total. The molecule has 1 atom stereocenters. The summed E-state index contributed by atoms with van der Waals surface area (Å²) in [7, 11) is 0. The maximum Gasteiger partial charge on any atom is 0.336 e. The molecule has 0 bridgehead atoms. The van der Waals surface area contributed by atoms with Crippen molar-refractivity contribution in [2.24, 2.45) is 0 Å². The van der Waals surface area contributed by atoms with E-state index in [9.17, 15) is 14.7 Å². The zero-order valence-corrected chi connectivity index (χ0v) is 14.1. The zero-order chi connectivity index (χ0) is 17.2. The normalized spacial score (nSPS) is 20.4. The van der Waals surface area contributed by atoms with Crippen LogP contribution in [0.4, 0.5) is 5.69 Å². The van der Waals surface area contributed by atoms with Crippen molar-refractivity contribution in [3.05, 3.63) is 63.7 Å². The van der Waals surface area contributed by atoms with Crippen molar-refractivity contribution in [1.82, 2.24) is 0 Å². The van der Waals surface area contributed by atoms with Gasteiger partial charge >= 0.3 is 5.97 Å². The summed E-state index contributed by atoms with van der Waals surface area (Å²) in [6, 6.07) is 10.5. The minimum atomic E-state index is -1.07. The van der Waals surface area contributed by atoms with Crippen LogP contribution in [0.3, 0.4) is 0 Å². The molecule has 2 aromatic rings. The Morgan fingerprint density at radius 1 is 1.29 bits per heavy atom. The Bertz CT molecular complexity index is 903. The van der Waals surface area contributed by atoms with Crippen LogP contribution in [-0.4, -0.2) is 17.0 Å². The number of aromatic carboxylic acids is 1. The molecule has 0 aromatic heterocycles. The topological polar surface area (TPSA) is 57.6 Å². The number of carboxylic acid groups (broad SMARTS) is 1. The van der Waals surface area contributed by atoms with E-state index >= 15 is 0 Å². The molecule has 0 saturated heterocycles. The molecular weight excluding hydrogens is 326 g/mol. The molecule has 1 amide bonds. The van der Waals surface area contributed by atoms with Crippen LogP contribution in [0.15, 0.2) is 36.4 Å². The van der Waals surface area contributed by atoms with Crippen LogP contribution in [0.25, 0.3) is 0 Å². The highest BCUT2D eigenvalue weighted by molar-refractivity contribution is 6.30. The Hall–Kier alpha value is -2.33. The number of benzene rings is 2. The van der Waals surface area contributed by atoms with Gasteiger partial charge in [0.1, 0.15) is 0 Å². The molecule has 0 saturated carbocycles. The minimum Gasteiger partial charge on any atom is -0.478 e. The van der Waals surface area contributed by atoms with E-state index in [-0.39, 0.29) is 22.9 Å². The SMILES string of the molecule is CC1(C)CC2c3cccc(C(=O)O)c3C(=O)N2c2ccc(Cl)cc21. The molecule has 4 rings (SSSR count). The molecule has 0 spiro atoms. The van der Waals surface area contributed by atoms with Crippen molar-refractivity contribution < 1.29 is 14.7 Å². The van der Waals surface area contributed by atoms with Gasteiger partial charge in [0, 0.05) is 10.7 Å². The third-order valence-electron chi connectivity index (χ3n) is 5.08. The van der Waals surface area contributed by atoms with E-state index in [2.05, 4.69) is 13.8 Å². The summed E-state index contributed by atoms with van der Waals surface area (Å²) in [5, 5.41) is 10.1. The summed E-state index contributed by atoms with van der Waals surface area (Å²) in [5.41, 5.74) is 2.85. The number of nitrogens with zero attached hydrogens (tertiary/aromatic N) is 1. The van der Waals surface area contributed by atoms with E-state index in [1.807, 2.05) is 18.2 Å². The lowest BCUT2D eigenvalue weighted by Gasteiger charge is -2.42. The smallest absolute Gasteiger partial charge is 0.336 e.